The number of rotatable bonds is 6. The zero-order valence-corrected chi connectivity index (χ0v) is 16.6. The van der Waals surface area contributed by atoms with Gasteiger partial charge in [-0.05, 0) is 31.2 Å². The molecule has 0 spiro atoms. The van der Waals surface area contributed by atoms with Crippen molar-refractivity contribution >= 4 is 22.6 Å². The first-order valence-electron chi connectivity index (χ1n) is 9.44. The summed E-state index contributed by atoms with van der Waals surface area (Å²) < 4.78 is 4.52. The standard InChI is InChI=1S/C20H28N4OS/c1-14(2)15(3)21-19(25)17-10-7-11-24(13-17)20-22-18(23-26-20)12-16-8-5-4-6-9-16/h4-6,8-9,14-15,17H,7,10-13H2,1-3H3,(H,21,25)/t15-,17+/m1/s1. The zero-order chi connectivity index (χ0) is 18.5. The first-order valence-corrected chi connectivity index (χ1v) is 10.2. The van der Waals surface area contributed by atoms with Gasteiger partial charge in [0.15, 0.2) is 0 Å². The van der Waals surface area contributed by atoms with Crippen LogP contribution in [0.4, 0.5) is 5.13 Å². The zero-order valence-electron chi connectivity index (χ0n) is 15.8. The van der Waals surface area contributed by atoms with Gasteiger partial charge in [-0.25, -0.2) is 4.98 Å². The Morgan fingerprint density at radius 2 is 2.08 bits per heavy atom. The minimum absolute atomic E-state index is 0.0337. The summed E-state index contributed by atoms with van der Waals surface area (Å²) in [7, 11) is 0. The van der Waals surface area contributed by atoms with Crippen LogP contribution >= 0.6 is 11.5 Å². The Bertz CT molecular complexity index is 716. The first kappa shape index (κ1) is 18.8. The third-order valence-electron chi connectivity index (χ3n) is 5.10. The van der Waals surface area contributed by atoms with Gasteiger partial charge in [-0.2, -0.15) is 4.37 Å². The van der Waals surface area contributed by atoms with Crippen molar-refractivity contribution < 1.29 is 4.79 Å². The van der Waals surface area contributed by atoms with Crippen LogP contribution in [-0.2, 0) is 11.2 Å². The van der Waals surface area contributed by atoms with E-state index in [0.29, 0.717) is 5.92 Å². The number of nitrogens with zero attached hydrogens (tertiary/aromatic N) is 3. The van der Waals surface area contributed by atoms with Crippen LogP contribution in [0.2, 0.25) is 0 Å². The highest BCUT2D eigenvalue weighted by Crippen LogP contribution is 2.25. The lowest BCUT2D eigenvalue weighted by Gasteiger charge is -2.32. The fraction of sp³-hybridized carbons (Fsp3) is 0.550. The van der Waals surface area contributed by atoms with Gasteiger partial charge in [0.1, 0.15) is 5.82 Å². The van der Waals surface area contributed by atoms with Crippen LogP contribution in [0.3, 0.4) is 0 Å². The fourth-order valence-corrected chi connectivity index (χ4v) is 3.82. The molecule has 0 aliphatic carbocycles. The van der Waals surface area contributed by atoms with Gasteiger partial charge in [-0.15, -0.1) is 0 Å². The Kier molecular flexibility index (Phi) is 6.25. The van der Waals surface area contributed by atoms with Gasteiger partial charge < -0.3 is 10.2 Å². The van der Waals surface area contributed by atoms with E-state index in [1.165, 1.54) is 17.1 Å². The van der Waals surface area contributed by atoms with Gasteiger partial charge >= 0.3 is 0 Å². The lowest BCUT2D eigenvalue weighted by molar-refractivity contribution is -0.126. The number of hydrogen-bond acceptors (Lipinski definition) is 5. The third kappa shape index (κ3) is 4.81. The van der Waals surface area contributed by atoms with E-state index in [4.69, 9.17) is 4.98 Å². The summed E-state index contributed by atoms with van der Waals surface area (Å²) in [6, 6.07) is 10.5. The maximum atomic E-state index is 12.6. The van der Waals surface area contributed by atoms with E-state index in [1.54, 1.807) is 0 Å². The van der Waals surface area contributed by atoms with Gasteiger partial charge in [-0.1, -0.05) is 44.2 Å². The van der Waals surface area contributed by atoms with Gasteiger partial charge in [0, 0.05) is 37.1 Å². The summed E-state index contributed by atoms with van der Waals surface area (Å²) in [5.74, 6) is 1.51. The summed E-state index contributed by atoms with van der Waals surface area (Å²) in [6.45, 7) is 8.02. The normalized spacial score (nSPS) is 18.8. The summed E-state index contributed by atoms with van der Waals surface area (Å²) in [5, 5.41) is 4.10. The average molecular weight is 373 g/mol. The van der Waals surface area contributed by atoms with Gasteiger partial charge in [0.2, 0.25) is 11.0 Å². The Labute approximate surface area is 160 Å². The summed E-state index contributed by atoms with van der Waals surface area (Å²) >= 11 is 1.44. The molecular formula is C20H28N4OS. The molecule has 1 aliphatic heterocycles. The predicted octanol–water partition coefficient (Wildman–Crippen LogP) is 3.51. The number of carbonyl (C=O) groups excluding carboxylic acids is 1. The molecule has 1 aliphatic rings. The Hall–Kier alpha value is -1.95. The number of benzene rings is 1. The SMILES string of the molecule is CC(C)[C@@H](C)NC(=O)[C@H]1CCCN(c2nc(Cc3ccccc3)ns2)C1. The van der Waals surface area contributed by atoms with Crippen molar-refractivity contribution in [1.29, 1.82) is 0 Å². The molecular weight excluding hydrogens is 344 g/mol. The minimum Gasteiger partial charge on any atom is -0.353 e. The van der Waals surface area contributed by atoms with Gasteiger partial charge in [0.25, 0.3) is 0 Å². The Balaban J connectivity index is 1.60. The molecule has 0 bridgehead atoms. The lowest BCUT2D eigenvalue weighted by atomic mass is 9.96. The van der Waals surface area contributed by atoms with Crippen LogP contribution in [0, 0.1) is 11.8 Å². The number of anilines is 1. The van der Waals surface area contributed by atoms with E-state index in [1.807, 2.05) is 18.2 Å². The number of piperidine rings is 1. The van der Waals surface area contributed by atoms with E-state index >= 15 is 0 Å². The van der Waals surface area contributed by atoms with Gasteiger partial charge in [0.05, 0.1) is 5.92 Å². The maximum absolute atomic E-state index is 12.6. The molecule has 0 saturated carbocycles. The second-order valence-electron chi connectivity index (χ2n) is 7.48. The van der Waals surface area contributed by atoms with Crippen LogP contribution in [0.25, 0.3) is 0 Å². The fourth-order valence-electron chi connectivity index (χ4n) is 3.10. The highest BCUT2D eigenvalue weighted by atomic mass is 32.1. The van der Waals surface area contributed by atoms with Crippen LogP contribution < -0.4 is 10.2 Å². The van der Waals surface area contributed by atoms with Crippen molar-refractivity contribution in [2.75, 3.05) is 18.0 Å². The topological polar surface area (TPSA) is 58.1 Å². The highest BCUT2D eigenvalue weighted by molar-refractivity contribution is 7.09. The molecule has 6 heteroatoms. The smallest absolute Gasteiger partial charge is 0.225 e. The van der Waals surface area contributed by atoms with Crippen molar-refractivity contribution in [1.82, 2.24) is 14.7 Å². The van der Waals surface area contributed by atoms with Crippen molar-refractivity contribution in [3.8, 4) is 0 Å². The van der Waals surface area contributed by atoms with E-state index in [2.05, 4.69) is 47.5 Å². The number of amides is 1. The van der Waals surface area contributed by atoms with E-state index in [-0.39, 0.29) is 17.9 Å². The van der Waals surface area contributed by atoms with E-state index in [0.717, 1.165) is 43.3 Å². The molecule has 3 rings (SSSR count). The van der Waals surface area contributed by atoms with Crippen molar-refractivity contribution in [3.05, 3.63) is 41.7 Å². The average Bonchev–Trinajstić information content (AvgIpc) is 3.11. The van der Waals surface area contributed by atoms with Crippen molar-refractivity contribution in [3.63, 3.8) is 0 Å². The molecule has 2 atom stereocenters. The third-order valence-corrected chi connectivity index (χ3v) is 5.91. The van der Waals surface area contributed by atoms with E-state index in [9.17, 15) is 4.79 Å². The quantitative estimate of drug-likeness (QED) is 0.843. The number of carbonyl (C=O) groups is 1. The molecule has 1 aromatic heterocycles. The molecule has 0 radical (unpaired) electrons. The monoisotopic (exact) mass is 372 g/mol. The Morgan fingerprint density at radius 1 is 1.31 bits per heavy atom. The highest BCUT2D eigenvalue weighted by Gasteiger charge is 2.28. The first-order chi connectivity index (χ1) is 12.5. The van der Waals surface area contributed by atoms with Crippen molar-refractivity contribution in [2.45, 2.75) is 46.1 Å². The van der Waals surface area contributed by atoms with Crippen LogP contribution in [0.15, 0.2) is 30.3 Å². The van der Waals surface area contributed by atoms with Crippen LogP contribution in [-0.4, -0.2) is 34.4 Å². The van der Waals surface area contributed by atoms with Crippen LogP contribution in [0.1, 0.15) is 45.0 Å². The molecule has 1 amide bonds. The molecule has 1 fully saturated rings. The predicted molar refractivity (Wildman–Crippen MR) is 107 cm³/mol. The van der Waals surface area contributed by atoms with Gasteiger partial charge in [-0.3, -0.25) is 4.79 Å². The molecule has 2 aromatic rings. The molecule has 1 aromatic carbocycles. The van der Waals surface area contributed by atoms with Crippen molar-refractivity contribution in [2.24, 2.45) is 11.8 Å². The largest absolute Gasteiger partial charge is 0.353 e. The second-order valence-corrected chi connectivity index (χ2v) is 8.21. The van der Waals surface area contributed by atoms with E-state index < -0.39 is 0 Å². The molecule has 0 unspecified atom stereocenters. The molecule has 2 heterocycles. The summed E-state index contributed by atoms with van der Waals surface area (Å²) in [6.07, 6.45) is 2.71. The number of aromatic nitrogens is 2. The summed E-state index contributed by atoms with van der Waals surface area (Å²) in [5.41, 5.74) is 1.22. The Morgan fingerprint density at radius 3 is 2.81 bits per heavy atom. The lowest BCUT2D eigenvalue weighted by Crippen LogP contribution is -2.46. The summed E-state index contributed by atoms with van der Waals surface area (Å²) in [4.78, 5) is 19.5. The second kappa shape index (κ2) is 8.62. The molecule has 1 saturated heterocycles. The number of hydrogen-bond donors (Lipinski definition) is 1. The maximum Gasteiger partial charge on any atom is 0.225 e. The number of nitrogens with one attached hydrogen (secondary N) is 1. The minimum atomic E-state index is 0.0337. The molecule has 5 nitrogen and oxygen atoms in total. The molecule has 1 N–H and O–H groups in total. The van der Waals surface area contributed by atoms with Crippen LogP contribution in [0.5, 0.6) is 0 Å². The molecule has 26 heavy (non-hydrogen) atoms. The molecule has 140 valence electrons.